The lowest BCUT2D eigenvalue weighted by Gasteiger charge is -2.56. The first-order valence-electron chi connectivity index (χ1n) is 8.55. The summed E-state index contributed by atoms with van der Waals surface area (Å²) in [5.41, 5.74) is 9.32. The van der Waals surface area contributed by atoms with Crippen LogP contribution in [0.4, 0.5) is 4.39 Å². The van der Waals surface area contributed by atoms with Gasteiger partial charge in [-0.3, -0.25) is 0 Å². The minimum atomic E-state index is -0.0731. The summed E-state index contributed by atoms with van der Waals surface area (Å²) in [6.45, 7) is 3.71. The van der Waals surface area contributed by atoms with Gasteiger partial charge in [0.15, 0.2) is 0 Å². The highest BCUT2D eigenvalue weighted by Crippen LogP contribution is 2.59. The van der Waals surface area contributed by atoms with E-state index in [0.717, 1.165) is 40.4 Å². The quantitative estimate of drug-likeness (QED) is 0.850. The Morgan fingerprint density at radius 3 is 1.90 bits per heavy atom. The first kappa shape index (κ1) is 13.8. The largest absolute Gasteiger partial charge is 0.324 e. The first-order chi connectivity index (χ1) is 10.0. The standard InChI is InChI=1S/C19H26FN/c1-10-3-16(4-11(2)18(10)20)19(21)17-14-6-12-5-13(8-14)9-15(17)7-12/h3-4,12-15,17,19H,5-9,21H2,1-2H3. The molecule has 114 valence electrons. The minimum Gasteiger partial charge on any atom is -0.324 e. The molecule has 0 saturated heterocycles. The summed E-state index contributed by atoms with van der Waals surface area (Å²) < 4.78 is 13.9. The Kier molecular flexibility index (Phi) is 3.15. The van der Waals surface area contributed by atoms with Crippen LogP contribution in [0.3, 0.4) is 0 Å². The van der Waals surface area contributed by atoms with Crippen molar-refractivity contribution >= 4 is 0 Å². The van der Waals surface area contributed by atoms with Crippen molar-refractivity contribution in [3.63, 3.8) is 0 Å². The van der Waals surface area contributed by atoms with E-state index in [9.17, 15) is 4.39 Å². The fourth-order valence-corrected chi connectivity index (χ4v) is 5.95. The van der Waals surface area contributed by atoms with E-state index in [1.165, 1.54) is 32.1 Å². The lowest BCUT2D eigenvalue weighted by Crippen LogP contribution is -2.48. The molecule has 4 aliphatic rings. The van der Waals surface area contributed by atoms with Gasteiger partial charge in [0.25, 0.3) is 0 Å². The maximum Gasteiger partial charge on any atom is 0.129 e. The van der Waals surface area contributed by atoms with E-state index < -0.39 is 0 Å². The summed E-state index contributed by atoms with van der Waals surface area (Å²) in [6, 6.07) is 4.06. The van der Waals surface area contributed by atoms with Gasteiger partial charge in [-0.2, -0.15) is 0 Å². The highest BCUT2D eigenvalue weighted by molar-refractivity contribution is 5.33. The molecule has 0 amide bonds. The zero-order valence-corrected chi connectivity index (χ0v) is 13.1. The molecule has 0 aliphatic heterocycles. The summed E-state index contributed by atoms with van der Waals surface area (Å²) in [4.78, 5) is 0. The zero-order chi connectivity index (χ0) is 14.7. The van der Waals surface area contributed by atoms with Gasteiger partial charge in [-0.05, 0) is 92.2 Å². The highest BCUT2D eigenvalue weighted by Gasteiger charge is 2.50. The van der Waals surface area contributed by atoms with Gasteiger partial charge in [-0.1, -0.05) is 12.1 Å². The van der Waals surface area contributed by atoms with Crippen LogP contribution in [0.25, 0.3) is 0 Å². The number of hydrogen-bond donors (Lipinski definition) is 1. The SMILES string of the molecule is Cc1cc(C(N)C2C3CC4CC(C3)CC2C4)cc(C)c1F. The van der Waals surface area contributed by atoms with E-state index in [2.05, 4.69) is 0 Å². The van der Waals surface area contributed by atoms with E-state index in [4.69, 9.17) is 5.73 Å². The molecule has 0 heterocycles. The van der Waals surface area contributed by atoms with Gasteiger partial charge in [0, 0.05) is 6.04 Å². The molecule has 21 heavy (non-hydrogen) atoms. The maximum atomic E-state index is 13.9. The average Bonchev–Trinajstić information content (AvgIpc) is 2.42. The second-order valence-corrected chi connectivity index (χ2v) is 8.00. The zero-order valence-electron chi connectivity index (χ0n) is 13.1. The lowest BCUT2D eigenvalue weighted by atomic mass is 9.50. The highest BCUT2D eigenvalue weighted by atomic mass is 19.1. The number of hydrogen-bond acceptors (Lipinski definition) is 1. The van der Waals surface area contributed by atoms with Crippen molar-refractivity contribution in [2.45, 2.75) is 52.0 Å². The monoisotopic (exact) mass is 287 g/mol. The van der Waals surface area contributed by atoms with Crippen molar-refractivity contribution in [2.24, 2.45) is 35.3 Å². The van der Waals surface area contributed by atoms with E-state index in [1.54, 1.807) is 0 Å². The molecule has 1 atom stereocenters. The van der Waals surface area contributed by atoms with Crippen molar-refractivity contribution in [2.75, 3.05) is 0 Å². The summed E-state index contributed by atoms with van der Waals surface area (Å²) in [7, 11) is 0. The average molecular weight is 287 g/mol. The molecule has 0 radical (unpaired) electrons. The molecule has 1 nitrogen and oxygen atoms in total. The van der Waals surface area contributed by atoms with Crippen LogP contribution >= 0.6 is 0 Å². The van der Waals surface area contributed by atoms with Crippen LogP contribution in [0.1, 0.15) is 54.8 Å². The number of benzene rings is 1. The molecule has 4 fully saturated rings. The smallest absolute Gasteiger partial charge is 0.129 e. The molecule has 4 saturated carbocycles. The maximum absolute atomic E-state index is 13.9. The van der Waals surface area contributed by atoms with Crippen LogP contribution in [-0.2, 0) is 0 Å². The van der Waals surface area contributed by atoms with Crippen molar-refractivity contribution in [1.29, 1.82) is 0 Å². The molecule has 2 N–H and O–H groups in total. The van der Waals surface area contributed by atoms with Crippen molar-refractivity contribution < 1.29 is 4.39 Å². The van der Waals surface area contributed by atoms with Gasteiger partial charge in [-0.15, -0.1) is 0 Å². The summed E-state index contributed by atoms with van der Waals surface area (Å²) in [5, 5.41) is 0. The van der Waals surface area contributed by atoms with Crippen molar-refractivity contribution in [3.8, 4) is 0 Å². The second-order valence-electron chi connectivity index (χ2n) is 8.00. The molecule has 4 aliphatic carbocycles. The fraction of sp³-hybridized carbons (Fsp3) is 0.684. The Bertz CT molecular complexity index is 514. The molecule has 2 heteroatoms. The number of halogens is 1. The van der Waals surface area contributed by atoms with Crippen LogP contribution in [0.5, 0.6) is 0 Å². The Morgan fingerprint density at radius 1 is 0.952 bits per heavy atom. The Morgan fingerprint density at radius 2 is 1.43 bits per heavy atom. The van der Waals surface area contributed by atoms with Gasteiger partial charge in [0.05, 0.1) is 0 Å². The minimum absolute atomic E-state index is 0.0731. The third kappa shape index (κ3) is 2.14. The van der Waals surface area contributed by atoms with E-state index in [-0.39, 0.29) is 11.9 Å². The predicted octanol–water partition coefficient (Wildman–Crippen LogP) is 4.51. The third-order valence-corrected chi connectivity index (χ3v) is 6.56. The summed E-state index contributed by atoms with van der Waals surface area (Å²) in [6.07, 6.45) is 7.05. The molecule has 5 rings (SSSR count). The second kappa shape index (κ2) is 4.81. The van der Waals surface area contributed by atoms with E-state index in [0.29, 0.717) is 5.92 Å². The summed E-state index contributed by atoms with van der Waals surface area (Å²) >= 11 is 0. The van der Waals surface area contributed by atoms with Gasteiger partial charge >= 0.3 is 0 Å². The Labute approximate surface area is 127 Å². The molecular formula is C19H26FN. The number of rotatable bonds is 2. The van der Waals surface area contributed by atoms with Crippen LogP contribution in [0.2, 0.25) is 0 Å². The Balaban J connectivity index is 1.64. The molecule has 4 bridgehead atoms. The third-order valence-electron chi connectivity index (χ3n) is 6.56. The predicted molar refractivity (Wildman–Crippen MR) is 83.3 cm³/mol. The first-order valence-corrected chi connectivity index (χ1v) is 8.55. The topological polar surface area (TPSA) is 26.0 Å². The molecule has 1 aromatic rings. The molecule has 1 unspecified atom stereocenters. The van der Waals surface area contributed by atoms with E-state index >= 15 is 0 Å². The summed E-state index contributed by atoms with van der Waals surface area (Å²) in [5.74, 6) is 4.15. The van der Waals surface area contributed by atoms with Crippen molar-refractivity contribution in [1.82, 2.24) is 0 Å². The fourth-order valence-electron chi connectivity index (χ4n) is 5.95. The molecule has 0 aromatic heterocycles. The lowest BCUT2D eigenvalue weighted by molar-refractivity contribution is -0.0471. The van der Waals surface area contributed by atoms with Crippen molar-refractivity contribution in [3.05, 3.63) is 34.6 Å². The Hall–Kier alpha value is -0.890. The number of nitrogens with two attached hydrogens (primary N) is 1. The number of aryl methyl sites for hydroxylation is 2. The van der Waals surface area contributed by atoms with Crippen LogP contribution in [-0.4, -0.2) is 0 Å². The van der Waals surface area contributed by atoms with Crippen LogP contribution in [0.15, 0.2) is 12.1 Å². The molecular weight excluding hydrogens is 261 g/mol. The molecule has 0 spiro atoms. The van der Waals surface area contributed by atoms with Crippen LogP contribution < -0.4 is 5.73 Å². The molecule has 1 aromatic carbocycles. The van der Waals surface area contributed by atoms with Gasteiger partial charge < -0.3 is 5.73 Å². The normalized spacial score (nSPS) is 38.8. The van der Waals surface area contributed by atoms with E-state index in [1.807, 2.05) is 26.0 Å². The van der Waals surface area contributed by atoms with Gasteiger partial charge in [0.2, 0.25) is 0 Å². The van der Waals surface area contributed by atoms with Crippen LogP contribution in [0, 0.1) is 49.3 Å². The van der Waals surface area contributed by atoms with Gasteiger partial charge in [-0.25, -0.2) is 4.39 Å². The van der Waals surface area contributed by atoms with Gasteiger partial charge in [0.1, 0.15) is 5.82 Å².